The summed E-state index contributed by atoms with van der Waals surface area (Å²) in [6.45, 7) is 7.90. The van der Waals surface area contributed by atoms with Gasteiger partial charge in [0, 0.05) is 60.4 Å². The van der Waals surface area contributed by atoms with Crippen molar-refractivity contribution < 1.29 is 8.42 Å². The van der Waals surface area contributed by atoms with Crippen molar-refractivity contribution in [3.8, 4) is 11.3 Å². The van der Waals surface area contributed by atoms with Crippen molar-refractivity contribution in [3.05, 3.63) is 72.9 Å². The van der Waals surface area contributed by atoms with Crippen LogP contribution >= 0.6 is 0 Å². The van der Waals surface area contributed by atoms with Crippen molar-refractivity contribution in [3.63, 3.8) is 0 Å². The molecule has 190 valence electrons. The minimum absolute atomic E-state index is 0.273. The third kappa shape index (κ3) is 5.47. The van der Waals surface area contributed by atoms with E-state index in [1.807, 2.05) is 24.3 Å². The van der Waals surface area contributed by atoms with Gasteiger partial charge < -0.3 is 20.9 Å². The zero-order chi connectivity index (χ0) is 25.9. The van der Waals surface area contributed by atoms with Gasteiger partial charge in [-0.15, -0.1) is 0 Å². The molecule has 0 atom stereocenters. The van der Waals surface area contributed by atoms with Crippen LogP contribution in [-0.2, 0) is 10.9 Å². The molecular formula is C26H28N8O2S. The predicted octanol–water partition coefficient (Wildman–Crippen LogP) is 2.86. The number of nitrogens with one attached hydrogen (secondary N) is 2. The van der Waals surface area contributed by atoms with E-state index in [4.69, 9.17) is 10.7 Å². The first-order valence-corrected chi connectivity index (χ1v) is 13.0. The van der Waals surface area contributed by atoms with Gasteiger partial charge in [0.05, 0.1) is 5.69 Å². The average Bonchev–Trinajstić information content (AvgIpc) is 2.89. The Balaban J connectivity index is 1.44. The van der Waals surface area contributed by atoms with Gasteiger partial charge in [0.15, 0.2) is 0 Å². The first-order valence-electron chi connectivity index (χ1n) is 11.8. The quantitative estimate of drug-likeness (QED) is 0.274. The Morgan fingerprint density at radius 2 is 1.78 bits per heavy atom. The number of nitrogens with zero attached hydrogens (tertiary/aromatic N) is 5. The van der Waals surface area contributed by atoms with E-state index in [-0.39, 0.29) is 5.70 Å². The number of hydrogen-bond donors (Lipinski definition) is 4. The fourth-order valence-electron chi connectivity index (χ4n) is 4.32. The number of pyridine rings is 1. The number of piperazine rings is 1. The molecule has 3 heterocycles. The smallest absolute Gasteiger partial charge is 0.229 e. The van der Waals surface area contributed by atoms with Gasteiger partial charge in [-0.1, -0.05) is 24.8 Å². The molecule has 4 aromatic rings. The van der Waals surface area contributed by atoms with Crippen molar-refractivity contribution in [1.29, 1.82) is 0 Å². The molecule has 0 unspecified atom stereocenters. The van der Waals surface area contributed by atoms with E-state index in [1.165, 1.54) is 5.69 Å². The van der Waals surface area contributed by atoms with Crippen LogP contribution in [0, 0.1) is 0 Å². The van der Waals surface area contributed by atoms with Crippen LogP contribution in [-0.4, -0.2) is 61.5 Å². The van der Waals surface area contributed by atoms with Gasteiger partial charge >= 0.3 is 0 Å². The fraction of sp³-hybridized carbons (Fsp3) is 0.192. The Bertz CT molecular complexity index is 1520. The lowest BCUT2D eigenvalue weighted by Gasteiger charge is -2.34. The minimum Gasteiger partial charge on any atom is -0.383 e. The highest BCUT2D eigenvalue weighted by atomic mass is 32.2. The fourth-order valence-corrected chi connectivity index (χ4v) is 4.67. The van der Waals surface area contributed by atoms with Crippen molar-refractivity contribution in [2.24, 2.45) is 0 Å². The van der Waals surface area contributed by atoms with E-state index in [1.54, 1.807) is 24.4 Å². The topological polar surface area (TPSA) is 129 Å². The highest BCUT2D eigenvalue weighted by molar-refractivity contribution is 7.70. The summed E-state index contributed by atoms with van der Waals surface area (Å²) in [4.78, 5) is 18.4. The molecule has 2 aromatic carbocycles. The van der Waals surface area contributed by atoms with Crippen LogP contribution in [0.15, 0.2) is 67.4 Å². The first kappa shape index (κ1) is 24.5. The summed E-state index contributed by atoms with van der Waals surface area (Å²) in [5.74, 6) is 0.688. The molecule has 37 heavy (non-hydrogen) atoms. The maximum Gasteiger partial charge on any atom is 0.229 e. The normalized spacial score (nSPS) is 14.2. The maximum atomic E-state index is 11.1. The van der Waals surface area contributed by atoms with E-state index in [9.17, 15) is 8.42 Å². The molecule has 0 radical (unpaired) electrons. The molecule has 5 rings (SSSR count). The highest BCUT2D eigenvalue weighted by Gasteiger charge is 2.15. The number of benzene rings is 2. The molecular weight excluding hydrogens is 488 g/mol. The molecule has 0 saturated carbocycles. The number of thiol groups is 1. The minimum atomic E-state index is -2.81. The molecule has 2 aromatic heterocycles. The Morgan fingerprint density at radius 3 is 2.51 bits per heavy atom. The molecule has 4 N–H and O–H groups in total. The molecule has 11 heteroatoms. The van der Waals surface area contributed by atoms with Crippen molar-refractivity contribution in [2.75, 3.05) is 49.2 Å². The zero-order valence-electron chi connectivity index (χ0n) is 20.4. The number of fused-ring (bicyclic) bond motifs is 1. The summed E-state index contributed by atoms with van der Waals surface area (Å²) in [5, 5.41) is 3.93. The third-order valence-electron chi connectivity index (χ3n) is 6.35. The maximum absolute atomic E-state index is 11.1. The standard InChI is InChI=1S/C26H28N8O2S/c1-17(32-37(35)36)18-4-3-5-19(16-18)23-24-22(10-11-28-23)25(27)31-26(30-24)29-20-6-8-21(9-7-20)34-14-12-33(2)13-15-34/h3-11,16,37H,1,12-15H2,2H3,(H,32,35,36)(H3,27,29,30,31). The van der Waals surface area contributed by atoms with E-state index >= 15 is 0 Å². The second kappa shape index (κ2) is 10.4. The highest BCUT2D eigenvalue weighted by Crippen LogP contribution is 2.30. The van der Waals surface area contributed by atoms with Gasteiger partial charge in [0.1, 0.15) is 11.3 Å². The lowest BCUT2D eigenvalue weighted by atomic mass is 10.0. The summed E-state index contributed by atoms with van der Waals surface area (Å²) in [6, 6.07) is 17.2. The number of anilines is 4. The number of aromatic nitrogens is 3. The molecule has 10 nitrogen and oxygen atoms in total. The molecule has 0 amide bonds. The number of likely N-dealkylation sites (N-methyl/N-ethyl adjacent to an activating group) is 1. The second-order valence-electron chi connectivity index (χ2n) is 8.88. The predicted molar refractivity (Wildman–Crippen MR) is 149 cm³/mol. The number of hydrogen-bond acceptors (Lipinski definition) is 9. The van der Waals surface area contributed by atoms with Crippen molar-refractivity contribution in [1.82, 2.24) is 24.6 Å². The molecule has 1 fully saturated rings. The van der Waals surface area contributed by atoms with E-state index in [0.29, 0.717) is 33.9 Å². The van der Waals surface area contributed by atoms with Crippen LogP contribution in [0.1, 0.15) is 5.56 Å². The SMILES string of the molecule is C=C(N[SH](=O)=O)c1cccc(-c2nccc3c(N)nc(Nc4ccc(N5CCN(C)CC5)cc4)nc23)c1. The summed E-state index contributed by atoms with van der Waals surface area (Å²) in [6.07, 6.45) is 1.65. The zero-order valence-corrected chi connectivity index (χ0v) is 21.3. The molecule has 1 aliphatic rings. The average molecular weight is 517 g/mol. The third-order valence-corrected chi connectivity index (χ3v) is 6.80. The summed E-state index contributed by atoms with van der Waals surface area (Å²) in [7, 11) is -0.669. The largest absolute Gasteiger partial charge is 0.383 e. The van der Waals surface area contributed by atoms with Crippen molar-refractivity contribution in [2.45, 2.75) is 0 Å². The van der Waals surface area contributed by atoms with Crippen LogP contribution in [0.25, 0.3) is 27.9 Å². The van der Waals surface area contributed by atoms with Crippen LogP contribution in [0.3, 0.4) is 0 Å². The summed E-state index contributed by atoms with van der Waals surface area (Å²) < 4.78 is 24.4. The molecule has 1 aliphatic heterocycles. The Hall–Kier alpha value is -4.22. The van der Waals surface area contributed by atoms with Gasteiger partial charge in [0.2, 0.25) is 16.8 Å². The van der Waals surface area contributed by atoms with Gasteiger partial charge in [-0.3, -0.25) is 9.71 Å². The Kier molecular flexibility index (Phi) is 6.89. The van der Waals surface area contributed by atoms with Crippen LogP contribution in [0.4, 0.5) is 23.1 Å². The van der Waals surface area contributed by atoms with E-state index < -0.39 is 10.9 Å². The Labute approximate surface area is 216 Å². The molecule has 0 bridgehead atoms. The van der Waals surface area contributed by atoms with Crippen molar-refractivity contribution >= 4 is 50.6 Å². The summed E-state index contributed by atoms with van der Waals surface area (Å²) >= 11 is 0. The van der Waals surface area contributed by atoms with Crippen LogP contribution < -0.4 is 20.7 Å². The van der Waals surface area contributed by atoms with E-state index in [0.717, 1.165) is 37.4 Å². The molecule has 0 spiro atoms. The second-order valence-corrected chi connectivity index (χ2v) is 9.62. The van der Waals surface area contributed by atoms with Crippen LogP contribution in [0.2, 0.25) is 0 Å². The molecule has 0 aliphatic carbocycles. The van der Waals surface area contributed by atoms with Crippen LogP contribution in [0.5, 0.6) is 0 Å². The van der Waals surface area contributed by atoms with Gasteiger partial charge in [-0.2, -0.15) is 4.98 Å². The Morgan fingerprint density at radius 1 is 1.03 bits per heavy atom. The number of rotatable bonds is 7. The lowest BCUT2D eigenvalue weighted by molar-refractivity contribution is 0.313. The van der Waals surface area contributed by atoms with Gasteiger partial charge in [0.25, 0.3) is 0 Å². The first-order chi connectivity index (χ1) is 17.9. The summed E-state index contributed by atoms with van der Waals surface area (Å²) in [5.41, 5.74) is 11.1. The molecule has 1 saturated heterocycles. The van der Waals surface area contributed by atoms with E-state index in [2.05, 4.69) is 55.6 Å². The number of nitrogen functional groups attached to an aromatic ring is 1. The number of nitrogens with two attached hydrogens (primary N) is 1. The van der Waals surface area contributed by atoms with Gasteiger partial charge in [-0.25, -0.2) is 13.4 Å². The van der Waals surface area contributed by atoms with Gasteiger partial charge in [-0.05, 0) is 49.0 Å². The monoisotopic (exact) mass is 516 g/mol. The lowest BCUT2D eigenvalue weighted by Crippen LogP contribution is -2.44.